The average Bonchev–Trinajstić information content (AvgIpc) is 2.62. The number of halogens is 1. The highest BCUT2D eigenvalue weighted by Crippen LogP contribution is 2.22. The van der Waals surface area contributed by atoms with Gasteiger partial charge in [-0.15, -0.1) is 0 Å². The molecule has 2 aromatic rings. The number of aliphatic hydroxyl groups excluding tert-OH is 1. The smallest absolute Gasteiger partial charge is 0.0790 e. The molecular weight excluding hydrogens is 268 g/mol. The van der Waals surface area contributed by atoms with Crippen molar-refractivity contribution >= 4 is 15.9 Å². The molecule has 1 N–H and O–H groups in total. The minimum Gasteiger partial charge on any atom is -0.396 e. The number of para-hydroxylation sites is 1. The maximum atomic E-state index is 8.93. The SMILES string of the molecule is Cc1c(CCO)cnn1-c1ccccc1Br. The molecule has 0 unspecified atom stereocenters. The standard InChI is InChI=1S/C12H13BrN2O/c1-9-10(6-7-16)8-14-15(9)12-5-3-2-4-11(12)13/h2-5,8,16H,6-7H2,1H3. The zero-order valence-electron chi connectivity index (χ0n) is 9.02. The molecule has 1 aromatic carbocycles. The third-order valence-electron chi connectivity index (χ3n) is 2.57. The van der Waals surface area contributed by atoms with Crippen LogP contribution in [0.1, 0.15) is 11.3 Å². The van der Waals surface area contributed by atoms with Gasteiger partial charge >= 0.3 is 0 Å². The molecule has 0 radical (unpaired) electrons. The van der Waals surface area contributed by atoms with Gasteiger partial charge in [0.05, 0.1) is 11.9 Å². The van der Waals surface area contributed by atoms with Gasteiger partial charge in [0.2, 0.25) is 0 Å². The number of benzene rings is 1. The van der Waals surface area contributed by atoms with E-state index in [1.165, 1.54) is 0 Å². The number of hydrogen-bond donors (Lipinski definition) is 1. The van der Waals surface area contributed by atoms with Gasteiger partial charge in [0.1, 0.15) is 0 Å². The summed E-state index contributed by atoms with van der Waals surface area (Å²) in [5, 5.41) is 13.3. The minimum absolute atomic E-state index is 0.155. The molecule has 0 fully saturated rings. The summed E-state index contributed by atoms with van der Waals surface area (Å²) in [7, 11) is 0. The number of rotatable bonds is 3. The van der Waals surface area contributed by atoms with E-state index in [9.17, 15) is 0 Å². The van der Waals surface area contributed by atoms with Gasteiger partial charge in [0, 0.05) is 16.8 Å². The normalized spacial score (nSPS) is 10.7. The molecule has 1 aromatic heterocycles. The summed E-state index contributed by atoms with van der Waals surface area (Å²) in [6.07, 6.45) is 2.46. The maximum absolute atomic E-state index is 8.93. The lowest BCUT2D eigenvalue weighted by Crippen LogP contribution is -2.01. The van der Waals surface area contributed by atoms with Crippen LogP contribution in [0.5, 0.6) is 0 Å². The molecule has 1 heterocycles. The van der Waals surface area contributed by atoms with Gasteiger partial charge in [-0.25, -0.2) is 4.68 Å². The zero-order chi connectivity index (χ0) is 11.5. The van der Waals surface area contributed by atoms with Crippen LogP contribution >= 0.6 is 15.9 Å². The Morgan fingerprint density at radius 3 is 2.81 bits per heavy atom. The molecular formula is C12H13BrN2O. The van der Waals surface area contributed by atoms with E-state index in [4.69, 9.17) is 5.11 Å². The van der Waals surface area contributed by atoms with Crippen LogP contribution in [0.15, 0.2) is 34.9 Å². The molecule has 0 aliphatic carbocycles. The predicted molar refractivity (Wildman–Crippen MR) is 66.8 cm³/mol. The first-order valence-electron chi connectivity index (χ1n) is 5.13. The Labute approximate surface area is 103 Å². The molecule has 0 saturated carbocycles. The zero-order valence-corrected chi connectivity index (χ0v) is 10.6. The van der Waals surface area contributed by atoms with Crippen LogP contribution in [0, 0.1) is 6.92 Å². The third-order valence-corrected chi connectivity index (χ3v) is 3.24. The Bertz CT molecular complexity index is 494. The van der Waals surface area contributed by atoms with Crippen molar-refractivity contribution in [1.29, 1.82) is 0 Å². The summed E-state index contributed by atoms with van der Waals surface area (Å²) >= 11 is 3.51. The van der Waals surface area contributed by atoms with Crippen LogP contribution in [0.4, 0.5) is 0 Å². The van der Waals surface area contributed by atoms with Crippen molar-refractivity contribution < 1.29 is 5.11 Å². The van der Waals surface area contributed by atoms with Crippen molar-refractivity contribution in [3.63, 3.8) is 0 Å². The lowest BCUT2D eigenvalue weighted by molar-refractivity contribution is 0.299. The molecule has 0 aliphatic heterocycles. The van der Waals surface area contributed by atoms with Crippen LogP contribution < -0.4 is 0 Å². The fourth-order valence-corrected chi connectivity index (χ4v) is 2.13. The minimum atomic E-state index is 0.155. The Kier molecular flexibility index (Phi) is 3.41. The summed E-state index contributed by atoms with van der Waals surface area (Å²) in [6, 6.07) is 7.95. The van der Waals surface area contributed by atoms with Crippen LogP contribution in [0.2, 0.25) is 0 Å². The molecule has 3 nitrogen and oxygen atoms in total. The van der Waals surface area contributed by atoms with Gasteiger partial charge in [-0.3, -0.25) is 0 Å². The number of aliphatic hydroxyl groups is 1. The largest absolute Gasteiger partial charge is 0.396 e. The van der Waals surface area contributed by atoms with E-state index in [1.807, 2.05) is 42.1 Å². The fraction of sp³-hybridized carbons (Fsp3) is 0.250. The number of hydrogen-bond acceptors (Lipinski definition) is 2. The van der Waals surface area contributed by atoms with E-state index in [1.54, 1.807) is 0 Å². The van der Waals surface area contributed by atoms with Gasteiger partial charge < -0.3 is 5.11 Å². The first-order valence-corrected chi connectivity index (χ1v) is 5.92. The van der Waals surface area contributed by atoms with E-state index in [0.717, 1.165) is 21.4 Å². The molecule has 0 aliphatic rings. The molecule has 16 heavy (non-hydrogen) atoms. The van der Waals surface area contributed by atoms with E-state index >= 15 is 0 Å². The summed E-state index contributed by atoms with van der Waals surface area (Å²) < 4.78 is 2.89. The molecule has 0 bridgehead atoms. The molecule has 0 atom stereocenters. The van der Waals surface area contributed by atoms with Gasteiger partial charge in [0.25, 0.3) is 0 Å². The van der Waals surface area contributed by atoms with E-state index in [0.29, 0.717) is 6.42 Å². The highest BCUT2D eigenvalue weighted by Gasteiger charge is 2.09. The second-order valence-electron chi connectivity index (χ2n) is 3.59. The first kappa shape index (κ1) is 11.4. The summed E-state index contributed by atoms with van der Waals surface area (Å²) in [5.41, 5.74) is 3.17. The molecule has 0 spiro atoms. The van der Waals surface area contributed by atoms with Crippen molar-refractivity contribution in [3.05, 3.63) is 46.2 Å². The second-order valence-corrected chi connectivity index (χ2v) is 4.45. The second kappa shape index (κ2) is 4.80. The van der Waals surface area contributed by atoms with Gasteiger partial charge in [-0.05, 0) is 47.0 Å². The van der Waals surface area contributed by atoms with E-state index in [2.05, 4.69) is 21.0 Å². The Morgan fingerprint density at radius 1 is 1.38 bits per heavy atom. The summed E-state index contributed by atoms with van der Waals surface area (Å²) in [5.74, 6) is 0. The van der Waals surface area contributed by atoms with Crippen molar-refractivity contribution in [3.8, 4) is 5.69 Å². The van der Waals surface area contributed by atoms with Crippen molar-refractivity contribution in [2.75, 3.05) is 6.61 Å². The fourth-order valence-electron chi connectivity index (χ4n) is 1.68. The first-order chi connectivity index (χ1) is 7.74. The third kappa shape index (κ3) is 2.03. The molecule has 0 amide bonds. The topological polar surface area (TPSA) is 38.1 Å². The Morgan fingerprint density at radius 2 is 2.12 bits per heavy atom. The lowest BCUT2D eigenvalue weighted by atomic mass is 10.2. The predicted octanol–water partition coefficient (Wildman–Crippen LogP) is 2.48. The van der Waals surface area contributed by atoms with E-state index in [-0.39, 0.29) is 6.61 Å². The quantitative estimate of drug-likeness (QED) is 0.938. The average molecular weight is 281 g/mol. The van der Waals surface area contributed by atoms with Crippen LogP contribution in [0.25, 0.3) is 5.69 Å². The van der Waals surface area contributed by atoms with Crippen LogP contribution in [-0.2, 0) is 6.42 Å². The Balaban J connectivity index is 2.45. The lowest BCUT2D eigenvalue weighted by Gasteiger charge is -2.07. The van der Waals surface area contributed by atoms with Crippen molar-refractivity contribution in [2.24, 2.45) is 0 Å². The highest BCUT2D eigenvalue weighted by molar-refractivity contribution is 9.10. The molecule has 0 saturated heterocycles. The van der Waals surface area contributed by atoms with Crippen molar-refractivity contribution in [1.82, 2.24) is 9.78 Å². The van der Waals surface area contributed by atoms with E-state index < -0.39 is 0 Å². The number of nitrogens with zero attached hydrogens (tertiary/aromatic N) is 2. The Hall–Kier alpha value is -1.13. The van der Waals surface area contributed by atoms with Gasteiger partial charge in [-0.2, -0.15) is 5.10 Å². The maximum Gasteiger partial charge on any atom is 0.0790 e. The summed E-state index contributed by atoms with van der Waals surface area (Å²) in [6.45, 7) is 2.17. The van der Waals surface area contributed by atoms with Crippen LogP contribution in [0.3, 0.4) is 0 Å². The van der Waals surface area contributed by atoms with Gasteiger partial charge in [0.15, 0.2) is 0 Å². The molecule has 2 rings (SSSR count). The monoisotopic (exact) mass is 280 g/mol. The number of aromatic nitrogens is 2. The molecule has 84 valence electrons. The van der Waals surface area contributed by atoms with Crippen molar-refractivity contribution in [2.45, 2.75) is 13.3 Å². The van der Waals surface area contributed by atoms with Crippen LogP contribution in [-0.4, -0.2) is 21.5 Å². The highest BCUT2D eigenvalue weighted by atomic mass is 79.9. The van der Waals surface area contributed by atoms with Gasteiger partial charge in [-0.1, -0.05) is 12.1 Å². The molecule has 4 heteroatoms. The summed E-state index contributed by atoms with van der Waals surface area (Å²) in [4.78, 5) is 0.